The van der Waals surface area contributed by atoms with E-state index in [4.69, 9.17) is 20.8 Å². The Labute approximate surface area is 147 Å². The average Bonchev–Trinajstić information content (AvgIpc) is 2.63. The zero-order chi connectivity index (χ0) is 17.2. The number of hydrogen-bond donors (Lipinski definition) is 0. The zero-order valence-corrected chi connectivity index (χ0v) is 13.6. The molecule has 0 amide bonds. The normalized spacial score (nSPS) is 10.8. The number of rotatable bonds is 3. The van der Waals surface area contributed by atoms with Crippen molar-refractivity contribution >= 4 is 22.5 Å². The molecular formula is C19H11ClN2O3. The molecule has 0 saturated heterocycles. The lowest BCUT2D eigenvalue weighted by Gasteiger charge is -2.09. The first-order valence-corrected chi connectivity index (χ1v) is 7.88. The van der Waals surface area contributed by atoms with Gasteiger partial charge < -0.3 is 9.15 Å². The Hall–Kier alpha value is -3.18. The Morgan fingerprint density at radius 1 is 0.960 bits per heavy atom. The van der Waals surface area contributed by atoms with Gasteiger partial charge in [-0.25, -0.2) is 14.8 Å². The molecule has 25 heavy (non-hydrogen) atoms. The zero-order valence-electron chi connectivity index (χ0n) is 12.8. The van der Waals surface area contributed by atoms with Crippen LogP contribution in [0.5, 0.6) is 11.6 Å². The summed E-state index contributed by atoms with van der Waals surface area (Å²) in [5.74, 6) is 1.04. The topological polar surface area (TPSA) is 65.2 Å². The van der Waals surface area contributed by atoms with Crippen molar-refractivity contribution in [2.45, 2.75) is 0 Å². The summed E-state index contributed by atoms with van der Waals surface area (Å²) >= 11 is 6.06. The van der Waals surface area contributed by atoms with Gasteiger partial charge in [0.05, 0.1) is 16.1 Å². The van der Waals surface area contributed by atoms with Crippen molar-refractivity contribution in [1.29, 1.82) is 0 Å². The molecule has 0 N–H and O–H groups in total. The minimum atomic E-state index is -0.555. The first-order chi connectivity index (χ1) is 12.2. The number of hydrogen-bond acceptors (Lipinski definition) is 5. The second-order valence-corrected chi connectivity index (χ2v) is 5.62. The van der Waals surface area contributed by atoms with E-state index in [1.54, 1.807) is 36.5 Å². The lowest BCUT2D eigenvalue weighted by Crippen LogP contribution is -2.04. The van der Waals surface area contributed by atoms with Gasteiger partial charge in [0.2, 0.25) is 11.8 Å². The van der Waals surface area contributed by atoms with E-state index in [1.165, 1.54) is 0 Å². The Kier molecular flexibility index (Phi) is 3.91. The Morgan fingerprint density at radius 3 is 2.64 bits per heavy atom. The van der Waals surface area contributed by atoms with Crippen molar-refractivity contribution in [3.63, 3.8) is 0 Å². The molecule has 122 valence electrons. The van der Waals surface area contributed by atoms with Gasteiger partial charge in [0.15, 0.2) is 0 Å². The molecule has 4 rings (SSSR count). The number of pyridine rings is 1. The third-order valence-electron chi connectivity index (χ3n) is 3.57. The summed E-state index contributed by atoms with van der Waals surface area (Å²) in [5, 5.41) is 0.555. The van der Waals surface area contributed by atoms with Crippen LogP contribution in [0, 0.1) is 0 Å². The Balaban J connectivity index is 1.86. The maximum Gasteiger partial charge on any atom is 0.348 e. The number of benzene rings is 2. The summed E-state index contributed by atoms with van der Waals surface area (Å²) < 4.78 is 11.2. The van der Waals surface area contributed by atoms with E-state index in [9.17, 15) is 4.79 Å². The third kappa shape index (κ3) is 2.97. The summed E-state index contributed by atoms with van der Waals surface area (Å²) in [5.41, 5.74) is 0.374. The monoisotopic (exact) mass is 350 g/mol. The molecule has 0 aliphatic carbocycles. The van der Waals surface area contributed by atoms with Crippen LogP contribution in [-0.2, 0) is 0 Å². The number of ether oxygens (including phenoxy) is 1. The van der Waals surface area contributed by atoms with E-state index in [0.717, 1.165) is 0 Å². The molecule has 2 aromatic heterocycles. The fourth-order valence-corrected chi connectivity index (χ4v) is 2.68. The highest BCUT2D eigenvalue weighted by Gasteiger charge is 2.16. The molecule has 2 aromatic carbocycles. The number of aromatic nitrogens is 2. The molecule has 0 radical (unpaired) electrons. The summed E-state index contributed by atoms with van der Waals surface area (Å²) in [6.45, 7) is 0. The van der Waals surface area contributed by atoms with Crippen molar-refractivity contribution in [3.8, 4) is 23.1 Å². The molecule has 5 nitrogen and oxygen atoms in total. The summed E-state index contributed by atoms with van der Waals surface area (Å²) in [6.07, 6.45) is 1.60. The van der Waals surface area contributed by atoms with Crippen LogP contribution in [0.25, 0.3) is 22.4 Å². The molecule has 0 bridgehead atoms. The molecule has 0 saturated carbocycles. The van der Waals surface area contributed by atoms with Gasteiger partial charge in [-0.1, -0.05) is 35.9 Å². The minimum Gasteiger partial charge on any atom is -0.438 e. The highest BCUT2D eigenvalue weighted by Crippen LogP contribution is 2.30. The number of nitrogens with zero attached hydrogens (tertiary/aromatic N) is 2. The molecule has 0 unspecified atom stereocenters. The molecule has 0 aliphatic rings. The van der Waals surface area contributed by atoms with Crippen LogP contribution in [0.2, 0.25) is 5.02 Å². The van der Waals surface area contributed by atoms with Gasteiger partial charge in [0.1, 0.15) is 11.1 Å². The van der Waals surface area contributed by atoms with Gasteiger partial charge in [-0.3, -0.25) is 0 Å². The highest BCUT2D eigenvalue weighted by molar-refractivity contribution is 6.35. The van der Waals surface area contributed by atoms with Crippen LogP contribution >= 0.6 is 11.6 Å². The molecule has 4 aromatic rings. The SMILES string of the molecule is O=c1oc(-c2cccnc2Oc2ccccc2)nc2cccc(Cl)c12. The molecule has 0 spiro atoms. The third-order valence-corrected chi connectivity index (χ3v) is 3.88. The standard InChI is InChI=1S/C19H11ClN2O3/c20-14-9-4-10-15-16(14)19(23)25-18(22-15)13-8-5-11-21-17(13)24-12-6-2-1-3-7-12/h1-11H. The molecule has 0 fully saturated rings. The van der Waals surface area contributed by atoms with Gasteiger partial charge in [-0.15, -0.1) is 0 Å². The largest absolute Gasteiger partial charge is 0.438 e. The van der Waals surface area contributed by atoms with E-state index in [2.05, 4.69) is 9.97 Å². The average molecular weight is 351 g/mol. The predicted molar refractivity (Wildman–Crippen MR) is 95.0 cm³/mol. The van der Waals surface area contributed by atoms with Crippen LogP contribution in [0.3, 0.4) is 0 Å². The molecular weight excluding hydrogens is 340 g/mol. The van der Waals surface area contributed by atoms with Crippen molar-refractivity contribution in [3.05, 3.63) is 82.3 Å². The van der Waals surface area contributed by atoms with Gasteiger partial charge in [-0.05, 0) is 36.4 Å². The van der Waals surface area contributed by atoms with Gasteiger partial charge >= 0.3 is 5.63 Å². The van der Waals surface area contributed by atoms with Crippen molar-refractivity contribution in [2.24, 2.45) is 0 Å². The lowest BCUT2D eigenvalue weighted by molar-refractivity contribution is 0.457. The quantitative estimate of drug-likeness (QED) is 0.536. The predicted octanol–water partition coefficient (Wildman–Crippen LogP) is 4.70. The van der Waals surface area contributed by atoms with Crippen molar-refractivity contribution < 1.29 is 9.15 Å². The van der Waals surface area contributed by atoms with Crippen molar-refractivity contribution in [2.75, 3.05) is 0 Å². The minimum absolute atomic E-state index is 0.124. The van der Waals surface area contributed by atoms with Crippen LogP contribution in [0.15, 0.2) is 76.1 Å². The molecule has 0 aliphatic heterocycles. The van der Waals surface area contributed by atoms with Crippen LogP contribution in [0.4, 0.5) is 0 Å². The van der Waals surface area contributed by atoms with Crippen LogP contribution in [-0.4, -0.2) is 9.97 Å². The molecule has 2 heterocycles. The van der Waals surface area contributed by atoms with E-state index in [0.29, 0.717) is 27.7 Å². The fourth-order valence-electron chi connectivity index (χ4n) is 2.43. The molecule has 0 atom stereocenters. The van der Waals surface area contributed by atoms with E-state index < -0.39 is 5.63 Å². The second-order valence-electron chi connectivity index (χ2n) is 5.21. The second kappa shape index (κ2) is 6.37. The molecule has 6 heteroatoms. The number of fused-ring (bicyclic) bond motifs is 1. The number of halogens is 1. The number of para-hydroxylation sites is 1. The van der Waals surface area contributed by atoms with E-state index >= 15 is 0 Å². The van der Waals surface area contributed by atoms with Crippen LogP contribution < -0.4 is 10.4 Å². The summed E-state index contributed by atoms with van der Waals surface area (Å²) in [6, 6.07) is 17.7. The van der Waals surface area contributed by atoms with Gasteiger partial charge in [-0.2, -0.15) is 0 Å². The van der Waals surface area contributed by atoms with E-state index in [-0.39, 0.29) is 11.3 Å². The Morgan fingerprint density at radius 2 is 1.80 bits per heavy atom. The lowest BCUT2D eigenvalue weighted by atomic mass is 10.2. The summed E-state index contributed by atoms with van der Waals surface area (Å²) in [4.78, 5) is 20.9. The van der Waals surface area contributed by atoms with Crippen LogP contribution in [0.1, 0.15) is 0 Å². The first kappa shape index (κ1) is 15.4. The maximum absolute atomic E-state index is 12.3. The van der Waals surface area contributed by atoms with E-state index in [1.807, 2.05) is 30.3 Å². The first-order valence-electron chi connectivity index (χ1n) is 7.50. The maximum atomic E-state index is 12.3. The fraction of sp³-hybridized carbons (Fsp3) is 0. The smallest absolute Gasteiger partial charge is 0.348 e. The highest BCUT2D eigenvalue weighted by atomic mass is 35.5. The van der Waals surface area contributed by atoms with Gasteiger partial charge in [0, 0.05) is 6.20 Å². The summed E-state index contributed by atoms with van der Waals surface area (Å²) in [7, 11) is 0. The van der Waals surface area contributed by atoms with Crippen molar-refractivity contribution in [1.82, 2.24) is 9.97 Å². The van der Waals surface area contributed by atoms with Gasteiger partial charge in [0.25, 0.3) is 0 Å². The Bertz CT molecular complexity index is 1110.